The van der Waals surface area contributed by atoms with E-state index in [9.17, 15) is 36.0 Å². The van der Waals surface area contributed by atoms with Gasteiger partial charge in [-0.2, -0.15) is 22.8 Å². The SMILES string of the molecule is CCS(=O)(=O)c1ccc(C(CC#N)NC(=O)c2ccc(N3C[C@@H](OC(F)F)C[C@H]3COC(F)F)cc2)cc1. The third-order valence-electron chi connectivity index (χ3n) is 6.17. The fraction of sp³-hybridized carbons (Fsp3) is 0.440. The normalized spacial score (nSPS) is 18.5. The summed E-state index contributed by atoms with van der Waals surface area (Å²) in [4.78, 5) is 14.6. The zero-order valence-electron chi connectivity index (χ0n) is 20.4. The topological polar surface area (TPSA) is 109 Å². The van der Waals surface area contributed by atoms with Crippen molar-refractivity contribution < 1.29 is 40.2 Å². The van der Waals surface area contributed by atoms with Crippen molar-refractivity contribution in [3.63, 3.8) is 0 Å². The Hall–Kier alpha value is -3.21. The number of rotatable bonds is 12. The summed E-state index contributed by atoms with van der Waals surface area (Å²) in [5, 5.41) is 12.0. The minimum Gasteiger partial charge on any atom is -0.364 e. The highest BCUT2D eigenvalue weighted by molar-refractivity contribution is 7.91. The Morgan fingerprint density at radius 2 is 1.76 bits per heavy atom. The highest BCUT2D eigenvalue weighted by atomic mass is 32.2. The van der Waals surface area contributed by atoms with E-state index in [2.05, 4.69) is 14.8 Å². The van der Waals surface area contributed by atoms with Crippen molar-refractivity contribution in [3.8, 4) is 6.07 Å². The average Bonchev–Trinajstić information content (AvgIpc) is 3.29. The minimum atomic E-state index is -3.40. The molecule has 3 atom stereocenters. The predicted octanol–water partition coefficient (Wildman–Crippen LogP) is 4.29. The lowest BCUT2D eigenvalue weighted by Gasteiger charge is -2.26. The van der Waals surface area contributed by atoms with Gasteiger partial charge in [-0.15, -0.1) is 0 Å². The maximum atomic E-state index is 12.9. The summed E-state index contributed by atoms with van der Waals surface area (Å²) in [7, 11) is -3.40. The average molecular weight is 558 g/mol. The van der Waals surface area contributed by atoms with Crippen LogP contribution in [0.25, 0.3) is 0 Å². The van der Waals surface area contributed by atoms with Gasteiger partial charge in [-0.05, 0) is 48.4 Å². The number of hydrogen-bond donors (Lipinski definition) is 1. The van der Waals surface area contributed by atoms with E-state index in [1.54, 1.807) is 29.2 Å². The predicted molar refractivity (Wildman–Crippen MR) is 130 cm³/mol. The largest absolute Gasteiger partial charge is 0.364 e. The first kappa shape index (κ1) is 29.3. The van der Waals surface area contributed by atoms with Gasteiger partial charge in [0.1, 0.15) is 0 Å². The van der Waals surface area contributed by atoms with Crippen molar-refractivity contribution in [2.24, 2.45) is 0 Å². The number of nitrogens with zero attached hydrogens (tertiary/aromatic N) is 2. The van der Waals surface area contributed by atoms with E-state index in [0.717, 1.165) is 0 Å². The summed E-state index contributed by atoms with van der Waals surface area (Å²) in [6.45, 7) is -4.84. The van der Waals surface area contributed by atoms with Crippen molar-refractivity contribution in [3.05, 3.63) is 59.7 Å². The first-order valence-electron chi connectivity index (χ1n) is 11.7. The van der Waals surface area contributed by atoms with Crippen molar-refractivity contribution in [1.29, 1.82) is 5.26 Å². The van der Waals surface area contributed by atoms with Gasteiger partial charge in [-0.3, -0.25) is 4.79 Å². The molecule has 0 aliphatic carbocycles. The Labute approximate surface area is 218 Å². The molecule has 1 saturated heterocycles. The fourth-order valence-electron chi connectivity index (χ4n) is 4.24. The molecule has 206 valence electrons. The van der Waals surface area contributed by atoms with Gasteiger partial charge in [-0.1, -0.05) is 19.1 Å². The van der Waals surface area contributed by atoms with E-state index in [1.807, 2.05) is 6.07 Å². The number of nitriles is 1. The summed E-state index contributed by atoms with van der Waals surface area (Å²) in [6, 6.07) is 12.7. The molecule has 2 aromatic rings. The molecule has 38 heavy (non-hydrogen) atoms. The highest BCUT2D eigenvalue weighted by Gasteiger charge is 2.35. The second kappa shape index (κ2) is 13.0. The molecular formula is C25H27F4N3O5S. The van der Waals surface area contributed by atoms with Gasteiger partial charge in [0.2, 0.25) is 0 Å². The molecule has 1 heterocycles. The molecule has 0 aromatic heterocycles. The van der Waals surface area contributed by atoms with Gasteiger partial charge < -0.3 is 19.7 Å². The molecule has 8 nitrogen and oxygen atoms in total. The van der Waals surface area contributed by atoms with Crippen LogP contribution in [0, 0.1) is 11.3 Å². The van der Waals surface area contributed by atoms with Crippen LogP contribution in [0.2, 0.25) is 0 Å². The minimum absolute atomic E-state index is 0.0289. The van der Waals surface area contributed by atoms with Crippen LogP contribution in [0.3, 0.4) is 0 Å². The van der Waals surface area contributed by atoms with E-state index in [0.29, 0.717) is 11.3 Å². The van der Waals surface area contributed by atoms with Crippen LogP contribution < -0.4 is 10.2 Å². The van der Waals surface area contributed by atoms with Crippen molar-refractivity contribution >= 4 is 21.4 Å². The van der Waals surface area contributed by atoms with Crippen LogP contribution in [-0.4, -0.2) is 58.6 Å². The Kier molecular flexibility index (Phi) is 10.1. The molecular weight excluding hydrogens is 530 g/mol. The smallest absolute Gasteiger partial charge is 0.345 e. The quantitative estimate of drug-likeness (QED) is 0.388. The second-order valence-corrected chi connectivity index (χ2v) is 10.8. The van der Waals surface area contributed by atoms with Crippen LogP contribution >= 0.6 is 0 Å². The molecule has 13 heteroatoms. The molecule has 3 rings (SSSR count). The molecule has 1 fully saturated rings. The van der Waals surface area contributed by atoms with Crippen LogP contribution in [0.1, 0.15) is 41.7 Å². The first-order valence-corrected chi connectivity index (χ1v) is 13.4. The van der Waals surface area contributed by atoms with E-state index < -0.39 is 53.8 Å². The van der Waals surface area contributed by atoms with Gasteiger partial charge in [0, 0.05) is 17.8 Å². The maximum absolute atomic E-state index is 12.9. The molecule has 0 bridgehead atoms. The maximum Gasteiger partial charge on any atom is 0.345 e. The number of ether oxygens (including phenoxy) is 2. The van der Waals surface area contributed by atoms with E-state index in [4.69, 9.17) is 0 Å². The molecule has 1 amide bonds. The summed E-state index contributed by atoms with van der Waals surface area (Å²) >= 11 is 0. The number of hydrogen-bond acceptors (Lipinski definition) is 7. The molecule has 1 unspecified atom stereocenters. The summed E-state index contributed by atoms with van der Waals surface area (Å²) < 4.78 is 83.5. The molecule has 2 aromatic carbocycles. The van der Waals surface area contributed by atoms with E-state index >= 15 is 0 Å². The van der Waals surface area contributed by atoms with Gasteiger partial charge >= 0.3 is 13.2 Å². The number of halogens is 4. The standard InChI is InChI=1S/C25H27F4N3O5S/c1-2-38(34,35)21-9-5-16(6-10-21)22(11-12-30)31-23(33)17-3-7-18(8-4-17)32-14-20(37-25(28)29)13-19(32)15-36-24(26)27/h3-10,19-20,22,24-25H,2,11,13-15H2,1H3,(H,31,33)/t19-,20-,22?/m0/s1. The Bertz CT molecular complexity index is 1220. The first-order chi connectivity index (χ1) is 18.0. The Morgan fingerprint density at radius 3 is 2.32 bits per heavy atom. The summed E-state index contributed by atoms with van der Waals surface area (Å²) in [5.74, 6) is -0.558. The fourth-order valence-corrected chi connectivity index (χ4v) is 5.12. The zero-order chi connectivity index (χ0) is 27.9. The van der Waals surface area contributed by atoms with Gasteiger partial charge in [0.05, 0.1) is 47.9 Å². The number of carbonyl (C=O) groups excluding carboxylic acids is 1. The number of carbonyl (C=O) groups is 1. The van der Waals surface area contributed by atoms with Gasteiger partial charge in [-0.25, -0.2) is 8.42 Å². The summed E-state index contributed by atoms with van der Waals surface area (Å²) in [6.07, 6.45) is -0.878. The highest BCUT2D eigenvalue weighted by Crippen LogP contribution is 2.29. The zero-order valence-corrected chi connectivity index (χ0v) is 21.2. The van der Waals surface area contributed by atoms with Crippen molar-refractivity contribution in [2.75, 3.05) is 23.8 Å². The Morgan fingerprint density at radius 1 is 1.11 bits per heavy atom. The number of nitrogens with one attached hydrogen (secondary N) is 1. The van der Waals surface area contributed by atoms with E-state index in [-0.39, 0.29) is 35.6 Å². The van der Waals surface area contributed by atoms with Gasteiger partial charge in [0.15, 0.2) is 9.84 Å². The van der Waals surface area contributed by atoms with Crippen molar-refractivity contribution in [2.45, 2.75) is 56.1 Å². The third kappa shape index (κ3) is 7.66. The number of sulfone groups is 1. The second-order valence-electron chi connectivity index (χ2n) is 8.56. The van der Waals surface area contributed by atoms with Crippen LogP contribution in [0.15, 0.2) is 53.4 Å². The molecule has 1 aliphatic heterocycles. The molecule has 0 saturated carbocycles. The lowest BCUT2D eigenvalue weighted by atomic mass is 10.0. The molecule has 0 spiro atoms. The van der Waals surface area contributed by atoms with Gasteiger partial charge in [0.25, 0.3) is 5.91 Å². The number of amides is 1. The van der Waals surface area contributed by atoms with Crippen LogP contribution in [0.5, 0.6) is 0 Å². The number of benzene rings is 2. The van der Waals surface area contributed by atoms with E-state index in [1.165, 1.54) is 31.2 Å². The Balaban J connectivity index is 1.72. The van der Waals surface area contributed by atoms with Crippen molar-refractivity contribution in [1.82, 2.24) is 5.32 Å². The van der Waals surface area contributed by atoms with Crippen LogP contribution in [0.4, 0.5) is 23.2 Å². The molecule has 1 N–H and O–H groups in total. The number of alkyl halides is 4. The molecule has 1 aliphatic rings. The van der Waals surface area contributed by atoms with Crippen LogP contribution in [-0.2, 0) is 19.3 Å². The number of anilines is 1. The third-order valence-corrected chi connectivity index (χ3v) is 7.92. The molecule has 0 radical (unpaired) electrons. The lowest BCUT2D eigenvalue weighted by Crippen LogP contribution is -2.34. The monoisotopic (exact) mass is 557 g/mol. The summed E-state index contributed by atoms with van der Waals surface area (Å²) in [5.41, 5.74) is 1.29. The lowest BCUT2D eigenvalue weighted by molar-refractivity contribution is -0.159.